The molecule has 2 aromatic carbocycles. The molecular formula is C18H17ClN2. The molecule has 1 N–H and O–H groups in total. The smallest absolute Gasteiger partial charge is 0.0708 e. The summed E-state index contributed by atoms with van der Waals surface area (Å²) in [6.07, 6.45) is 0. The highest BCUT2D eigenvalue weighted by Crippen LogP contribution is 2.29. The molecule has 1 heterocycles. The maximum Gasteiger partial charge on any atom is 0.0708 e. The second-order valence-corrected chi connectivity index (χ2v) is 5.58. The summed E-state index contributed by atoms with van der Waals surface area (Å²) in [5, 5.41) is 5.32. The van der Waals surface area contributed by atoms with Crippen LogP contribution < -0.4 is 5.32 Å². The summed E-state index contributed by atoms with van der Waals surface area (Å²) in [5.41, 5.74) is 4.42. The number of benzene rings is 2. The van der Waals surface area contributed by atoms with Gasteiger partial charge in [-0.2, -0.15) is 0 Å². The Balaban J connectivity index is 2.21. The van der Waals surface area contributed by atoms with Crippen LogP contribution in [0.25, 0.3) is 10.9 Å². The molecule has 0 aliphatic carbocycles. The summed E-state index contributed by atoms with van der Waals surface area (Å²) < 4.78 is 0. The van der Waals surface area contributed by atoms with Crippen LogP contribution in [0.1, 0.15) is 22.9 Å². The molecule has 3 heteroatoms. The lowest BCUT2D eigenvalue weighted by Crippen LogP contribution is -2.18. The maximum absolute atomic E-state index is 6.14. The molecule has 0 spiro atoms. The van der Waals surface area contributed by atoms with Gasteiger partial charge in [0.05, 0.1) is 11.6 Å². The minimum atomic E-state index is 0.0929. The number of hydrogen-bond donors (Lipinski definition) is 1. The van der Waals surface area contributed by atoms with Crippen molar-refractivity contribution in [3.05, 3.63) is 76.4 Å². The number of aryl methyl sites for hydroxylation is 1. The Morgan fingerprint density at radius 3 is 2.62 bits per heavy atom. The zero-order valence-electron chi connectivity index (χ0n) is 12.1. The van der Waals surface area contributed by atoms with E-state index in [1.165, 1.54) is 10.9 Å². The monoisotopic (exact) mass is 296 g/mol. The third kappa shape index (κ3) is 2.78. The normalized spacial score (nSPS) is 12.5. The Labute approximate surface area is 129 Å². The van der Waals surface area contributed by atoms with Crippen molar-refractivity contribution < 1.29 is 0 Å². The van der Waals surface area contributed by atoms with Gasteiger partial charge in [-0.25, -0.2) is 0 Å². The Hall–Kier alpha value is -1.90. The van der Waals surface area contributed by atoms with E-state index >= 15 is 0 Å². The fourth-order valence-electron chi connectivity index (χ4n) is 2.77. The lowest BCUT2D eigenvalue weighted by Gasteiger charge is -2.20. The van der Waals surface area contributed by atoms with Gasteiger partial charge in [0.2, 0.25) is 0 Å². The lowest BCUT2D eigenvalue weighted by atomic mass is 9.95. The lowest BCUT2D eigenvalue weighted by molar-refractivity contribution is 0.695. The maximum atomic E-state index is 6.14. The first-order valence-corrected chi connectivity index (χ1v) is 7.36. The topological polar surface area (TPSA) is 24.9 Å². The Morgan fingerprint density at radius 2 is 1.86 bits per heavy atom. The zero-order chi connectivity index (χ0) is 14.8. The van der Waals surface area contributed by atoms with Crippen molar-refractivity contribution in [2.75, 3.05) is 7.05 Å². The summed E-state index contributed by atoms with van der Waals surface area (Å²) in [5.74, 6) is 0. The first kappa shape index (κ1) is 14.1. The molecule has 2 nitrogen and oxygen atoms in total. The fraction of sp³-hybridized carbons (Fsp3) is 0.167. The van der Waals surface area contributed by atoms with Gasteiger partial charge >= 0.3 is 0 Å². The molecule has 1 aromatic heterocycles. The van der Waals surface area contributed by atoms with Gasteiger partial charge in [-0.05, 0) is 49.4 Å². The van der Waals surface area contributed by atoms with Crippen molar-refractivity contribution in [2.45, 2.75) is 13.0 Å². The highest BCUT2D eigenvalue weighted by atomic mass is 35.5. The van der Waals surface area contributed by atoms with Crippen LogP contribution in [0.5, 0.6) is 0 Å². The van der Waals surface area contributed by atoms with E-state index in [0.29, 0.717) is 0 Å². The van der Waals surface area contributed by atoms with E-state index in [9.17, 15) is 0 Å². The van der Waals surface area contributed by atoms with E-state index in [0.717, 1.165) is 21.8 Å². The van der Waals surface area contributed by atoms with Crippen molar-refractivity contribution in [3.63, 3.8) is 0 Å². The van der Waals surface area contributed by atoms with Crippen LogP contribution in [-0.2, 0) is 0 Å². The van der Waals surface area contributed by atoms with Gasteiger partial charge in [-0.15, -0.1) is 0 Å². The van der Waals surface area contributed by atoms with Gasteiger partial charge in [0.1, 0.15) is 0 Å². The minimum Gasteiger partial charge on any atom is -0.309 e. The van der Waals surface area contributed by atoms with Crippen molar-refractivity contribution >= 4 is 22.5 Å². The SMILES string of the molecule is CNC(c1cccc(Cl)c1)c1cc(C)nc2ccccc12. The minimum absolute atomic E-state index is 0.0929. The van der Waals surface area contributed by atoms with Crippen LogP contribution in [0.2, 0.25) is 5.02 Å². The summed E-state index contributed by atoms with van der Waals surface area (Å²) in [6, 6.07) is 18.5. The standard InChI is InChI=1S/C18H17ClN2/c1-12-10-16(15-8-3-4-9-17(15)21-12)18(20-2)13-6-5-7-14(19)11-13/h3-11,18,20H,1-2H3. The number of para-hydroxylation sites is 1. The van der Waals surface area contributed by atoms with Gasteiger partial charge < -0.3 is 5.32 Å². The van der Waals surface area contributed by atoms with Crippen molar-refractivity contribution in [1.82, 2.24) is 10.3 Å². The number of aromatic nitrogens is 1. The molecular weight excluding hydrogens is 280 g/mol. The first-order chi connectivity index (χ1) is 10.2. The van der Waals surface area contributed by atoms with Gasteiger partial charge in [-0.3, -0.25) is 4.98 Å². The predicted molar refractivity (Wildman–Crippen MR) is 88.8 cm³/mol. The molecule has 21 heavy (non-hydrogen) atoms. The van der Waals surface area contributed by atoms with Crippen LogP contribution in [-0.4, -0.2) is 12.0 Å². The number of halogens is 1. The molecule has 0 bridgehead atoms. The Kier molecular flexibility index (Phi) is 3.91. The number of hydrogen-bond acceptors (Lipinski definition) is 2. The average molecular weight is 297 g/mol. The third-order valence-electron chi connectivity index (χ3n) is 3.66. The molecule has 1 unspecified atom stereocenters. The highest BCUT2D eigenvalue weighted by Gasteiger charge is 2.16. The second-order valence-electron chi connectivity index (χ2n) is 5.15. The van der Waals surface area contributed by atoms with Crippen LogP contribution in [0.4, 0.5) is 0 Å². The third-order valence-corrected chi connectivity index (χ3v) is 3.89. The average Bonchev–Trinajstić information content (AvgIpc) is 2.48. The second kappa shape index (κ2) is 5.84. The molecule has 3 rings (SSSR count). The molecule has 0 saturated carbocycles. The molecule has 0 aliphatic rings. The molecule has 106 valence electrons. The first-order valence-electron chi connectivity index (χ1n) is 6.98. The summed E-state index contributed by atoms with van der Waals surface area (Å²) in [4.78, 5) is 4.61. The van der Waals surface area contributed by atoms with E-state index in [1.807, 2.05) is 44.3 Å². The quantitative estimate of drug-likeness (QED) is 0.769. The van der Waals surface area contributed by atoms with Crippen LogP contribution in [0.15, 0.2) is 54.6 Å². The van der Waals surface area contributed by atoms with E-state index in [1.54, 1.807) is 0 Å². The Bertz CT molecular complexity index is 783. The van der Waals surface area contributed by atoms with Gasteiger partial charge in [-0.1, -0.05) is 41.9 Å². The fourth-order valence-corrected chi connectivity index (χ4v) is 2.97. The predicted octanol–water partition coefficient (Wildman–Crippen LogP) is 4.51. The molecule has 0 aliphatic heterocycles. The molecule has 0 saturated heterocycles. The number of rotatable bonds is 3. The van der Waals surface area contributed by atoms with Gasteiger partial charge in [0.15, 0.2) is 0 Å². The van der Waals surface area contributed by atoms with E-state index in [-0.39, 0.29) is 6.04 Å². The zero-order valence-corrected chi connectivity index (χ0v) is 12.9. The number of nitrogens with zero attached hydrogens (tertiary/aromatic N) is 1. The van der Waals surface area contributed by atoms with E-state index < -0.39 is 0 Å². The highest BCUT2D eigenvalue weighted by molar-refractivity contribution is 6.30. The number of nitrogens with one attached hydrogen (secondary N) is 1. The molecule has 0 radical (unpaired) electrons. The van der Waals surface area contributed by atoms with Crippen LogP contribution in [0, 0.1) is 6.92 Å². The van der Waals surface area contributed by atoms with E-state index in [4.69, 9.17) is 11.6 Å². The van der Waals surface area contributed by atoms with Crippen LogP contribution >= 0.6 is 11.6 Å². The van der Waals surface area contributed by atoms with E-state index in [2.05, 4.69) is 34.6 Å². The summed E-state index contributed by atoms with van der Waals surface area (Å²) in [6.45, 7) is 2.03. The van der Waals surface area contributed by atoms with Crippen molar-refractivity contribution in [1.29, 1.82) is 0 Å². The van der Waals surface area contributed by atoms with Crippen molar-refractivity contribution in [2.24, 2.45) is 0 Å². The molecule has 3 aromatic rings. The number of fused-ring (bicyclic) bond motifs is 1. The van der Waals surface area contributed by atoms with Crippen molar-refractivity contribution in [3.8, 4) is 0 Å². The van der Waals surface area contributed by atoms with Gasteiger partial charge in [0, 0.05) is 16.1 Å². The summed E-state index contributed by atoms with van der Waals surface area (Å²) >= 11 is 6.14. The molecule has 1 atom stereocenters. The van der Waals surface area contributed by atoms with Gasteiger partial charge in [0.25, 0.3) is 0 Å². The molecule has 0 amide bonds. The Morgan fingerprint density at radius 1 is 1.05 bits per heavy atom. The van der Waals surface area contributed by atoms with Crippen LogP contribution in [0.3, 0.4) is 0 Å². The molecule has 0 fully saturated rings. The number of pyridine rings is 1. The largest absolute Gasteiger partial charge is 0.309 e. The summed E-state index contributed by atoms with van der Waals surface area (Å²) in [7, 11) is 1.97.